The summed E-state index contributed by atoms with van der Waals surface area (Å²) in [6.07, 6.45) is 1.92. The minimum Gasteiger partial charge on any atom is -0.497 e. The maximum absolute atomic E-state index is 13.1. The fraction of sp³-hybridized carbons (Fsp3) is 0.200. The van der Waals surface area contributed by atoms with Crippen LogP contribution in [0.15, 0.2) is 60.8 Å². The van der Waals surface area contributed by atoms with Crippen LogP contribution in [0.5, 0.6) is 5.75 Å². The van der Waals surface area contributed by atoms with Crippen molar-refractivity contribution in [2.75, 3.05) is 23.9 Å². The smallest absolute Gasteiger partial charge is 0.229 e. The maximum atomic E-state index is 13.1. The van der Waals surface area contributed by atoms with Crippen molar-refractivity contribution in [2.24, 2.45) is 5.92 Å². The zero-order valence-corrected chi connectivity index (χ0v) is 19.1. The number of carbonyl (C=O) groups excluding carboxylic acids is 2. The van der Waals surface area contributed by atoms with Gasteiger partial charge in [0.15, 0.2) is 0 Å². The highest BCUT2D eigenvalue weighted by Crippen LogP contribution is 2.32. The van der Waals surface area contributed by atoms with E-state index in [1.54, 1.807) is 24.3 Å². The Labute approximate surface area is 195 Å². The molecule has 1 aliphatic rings. The standard InChI is InChI=1S/C25H22N4O3S/c1-15-8-9-16(24-28-20-7-4-10-26-25(20)33-24)11-21(15)27-23(31)17-12-22(30)29(14-17)18-5-3-6-19(13-18)32-2/h3-11,13,17H,12,14H2,1-2H3,(H,27,31). The largest absolute Gasteiger partial charge is 0.497 e. The average molecular weight is 459 g/mol. The van der Waals surface area contributed by atoms with Gasteiger partial charge in [0.1, 0.15) is 21.1 Å². The number of aromatic nitrogens is 2. The van der Waals surface area contributed by atoms with Crippen molar-refractivity contribution < 1.29 is 14.3 Å². The predicted octanol–water partition coefficient (Wildman–Crippen LogP) is 4.67. The number of thiazole rings is 1. The average Bonchev–Trinajstić information content (AvgIpc) is 3.44. The van der Waals surface area contributed by atoms with Crippen LogP contribution in [-0.2, 0) is 9.59 Å². The zero-order chi connectivity index (χ0) is 22.9. The van der Waals surface area contributed by atoms with Gasteiger partial charge in [-0.05, 0) is 42.8 Å². The molecule has 1 saturated heterocycles. The lowest BCUT2D eigenvalue weighted by Crippen LogP contribution is -2.28. The van der Waals surface area contributed by atoms with Crippen LogP contribution in [0.2, 0.25) is 0 Å². The first-order valence-corrected chi connectivity index (χ1v) is 11.4. The molecule has 1 N–H and O–H groups in total. The van der Waals surface area contributed by atoms with Gasteiger partial charge in [0.05, 0.1) is 13.0 Å². The van der Waals surface area contributed by atoms with Gasteiger partial charge < -0.3 is 15.0 Å². The third-order valence-corrected chi connectivity index (χ3v) is 6.80. The summed E-state index contributed by atoms with van der Waals surface area (Å²) >= 11 is 1.51. The van der Waals surface area contributed by atoms with E-state index in [2.05, 4.69) is 15.3 Å². The van der Waals surface area contributed by atoms with Crippen LogP contribution < -0.4 is 15.0 Å². The summed E-state index contributed by atoms with van der Waals surface area (Å²) in [5, 5.41) is 3.88. The molecule has 1 fully saturated rings. The molecule has 8 heteroatoms. The number of methoxy groups -OCH3 is 1. The van der Waals surface area contributed by atoms with Crippen molar-refractivity contribution in [3.63, 3.8) is 0 Å². The van der Waals surface area contributed by atoms with Gasteiger partial charge in [-0.15, -0.1) is 0 Å². The second kappa shape index (κ2) is 8.63. The number of fused-ring (bicyclic) bond motifs is 1. The molecule has 1 atom stereocenters. The fourth-order valence-electron chi connectivity index (χ4n) is 3.93. The van der Waals surface area contributed by atoms with E-state index in [4.69, 9.17) is 4.74 Å². The summed E-state index contributed by atoms with van der Waals surface area (Å²) < 4.78 is 5.26. The first-order valence-electron chi connectivity index (χ1n) is 10.6. The molecule has 5 rings (SSSR count). The maximum Gasteiger partial charge on any atom is 0.229 e. The number of nitrogens with one attached hydrogen (secondary N) is 1. The van der Waals surface area contributed by atoms with Crippen LogP contribution >= 0.6 is 11.3 Å². The van der Waals surface area contributed by atoms with Crippen molar-refractivity contribution in [3.8, 4) is 16.3 Å². The van der Waals surface area contributed by atoms with Gasteiger partial charge in [-0.2, -0.15) is 0 Å². The van der Waals surface area contributed by atoms with Gasteiger partial charge in [-0.3, -0.25) is 9.59 Å². The van der Waals surface area contributed by atoms with E-state index in [0.717, 1.165) is 37.9 Å². The van der Waals surface area contributed by atoms with Crippen LogP contribution in [0, 0.1) is 12.8 Å². The number of hydrogen-bond acceptors (Lipinski definition) is 6. The molecule has 0 spiro atoms. The Balaban J connectivity index is 1.34. The van der Waals surface area contributed by atoms with Crippen LogP contribution in [0.3, 0.4) is 0 Å². The number of anilines is 2. The van der Waals surface area contributed by atoms with Crippen molar-refractivity contribution >= 4 is 44.9 Å². The topological polar surface area (TPSA) is 84.4 Å². The minimum absolute atomic E-state index is 0.0733. The van der Waals surface area contributed by atoms with Crippen LogP contribution in [-0.4, -0.2) is 35.4 Å². The number of ether oxygens (including phenoxy) is 1. The normalized spacial score (nSPS) is 15.8. The molecular weight excluding hydrogens is 436 g/mol. The van der Waals surface area contributed by atoms with Gasteiger partial charge in [-0.1, -0.05) is 29.5 Å². The molecule has 166 valence electrons. The number of nitrogens with zero attached hydrogens (tertiary/aromatic N) is 3. The number of benzene rings is 2. The van der Waals surface area contributed by atoms with Gasteiger partial charge in [-0.25, -0.2) is 9.97 Å². The molecule has 2 aromatic carbocycles. The highest BCUT2D eigenvalue weighted by molar-refractivity contribution is 7.21. The zero-order valence-electron chi connectivity index (χ0n) is 18.2. The van der Waals surface area contributed by atoms with E-state index in [1.807, 2.05) is 55.5 Å². The molecule has 2 aromatic heterocycles. The monoisotopic (exact) mass is 458 g/mol. The molecule has 7 nitrogen and oxygen atoms in total. The van der Waals surface area contributed by atoms with Gasteiger partial charge in [0.25, 0.3) is 0 Å². The molecule has 0 saturated carbocycles. The third kappa shape index (κ3) is 4.17. The Kier molecular flexibility index (Phi) is 5.51. The predicted molar refractivity (Wildman–Crippen MR) is 130 cm³/mol. The van der Waals surface area contributed by atoms with E-state index in [1.165, 1.54) is 11.3 Å². The molecule has 33 heavy (non-hydrogen) atoms. The third-order valence-electron chi connectivity index (χ3n) is 5.77. The summed E-state index contributed by atoms with van der Waals surface area (Å²) in [5.41, 5.74) is 4.17. The van der Waals surface area contributed by atoms with E-state index in [9.17, 15) is 9.59 Å². The Bertz CT molecular complexity index is 1330. The molecule has 0 bridgehead atoms. The summed E-state index contributed by atoms with van der Waals surface area (Å²) in [6, 6.07) is 17.0. The number of pyridine rings is 1. The van der Waals surface area contributed by atoms with E-state index >= 15 is 0 Å². The molecule has 0 radical (unpaired) electrons. The molecule has 0 aliphatic carbocycles. The summed E-state index contributed by atoms with van der Waals surface area (Å²) in [6.45, 7) is 2.28. The molecule has 4 aromatic rings. The lowest BCUT2D eigenvalue weighted by atomic mass is 10.1. The highest BCUT2D eigenvalue weighted by atomic mass is 32.1. The number of amides is 2. The highest BCUT2D eigenvalue weighted by Gasteiger charge is 2.35. The van der Waals surface area contributed by atoms with Crippen molar-refractivity contribution in [2.45, 2.75) is 13.3 Å². The van der Waals surface area contributed by atoms with Gasteiger partial charge in [0.2, 0.25) is 11.8 Å². The Morgan fingerprint density at radius 2 is 2.06 bits per heavy atom. The number of rotatable bonds is 5. The molecule has 2 amide bonds. The van der Waals surface area contributed by atoms with Crippen LogP contribution in [0.4, 0.5) is 11.4 Å². The summed E-state index contributed by atoms with van der Waals surface area (Å²) in [5.74, 6) is -0.0000826. The van der Waals surface area contributed by atoms with Crippen molar-refractivity contribution in [1.29, 1.82) is 0 Å². The molecule has 1 aliphatic heterocycles. The van der Waals surface area contributed by atoms with Gasteiger partial charge >= 0.3 is 0 Å². The first-order chi connectivity index (χ1) is 16.0. The van der Waals surface area contributed by atoms with Crippen molar-refractivity contribution in [3.05, 3.63) is 66.4 Å². The molecule has 1 unspecified atom stereocenters. The Hall–Kier alpha value is -3.78. The summed E-state index contributed by atoms with van der Waals surface area (Å²) in [4.78, 5) is 37.2. The lowest BCUT2D eigenvalue weighted by Gasteiger charge is -2.18. The SMILES string of the molecule is COc1cccc(N2CC(C(=O)Nc3cc(-c4nc5cccnc5s4)ccc3C)CC2=O)c1. The number of hydrogen-bond donors (Lipinski definition) is 1. The minimum atomic E-state index is -0.432. The fourth-order valence-corrected chi connectivity index (χ4v) is 4.83. The van der Waals surface area contributed by atoms with E-state index < -0.39 is 5.92 Å². The molecular formula is C25H22N4O3S. The second-order valence-corrected chi connectivity index (χ2v) is 8.95. The van der Waals surface area contributed by atoms with Crippen molar-refractivity contribution in [1.82, 2.24) is 9.97 Å². The summed E-state index contributed by atoms with van der Waals surface area (Å²) in [7, 11) is 1.59. The van der Waals surface area contributed by atoms with Crippen LogP contribution in [0.25, 0.3) is 20.9 Å². The second-order valence-electron chi connectivity index (χ2n) is 7.97. The first kappa shape index (κ1) is 21.1. The number of carbonyl (C=O) groups is 2. The Morgan fingerprint density at radius 3 is 2.88 bits per heavy atom. The van der Waals surface area contributed by atoms with E-state index in [-0.39, 0.29) is 18.2 Å². The number of aryl methyl sites for hydroxylation is 1. The quantitative estimate of drug-likeness (QED) is 0.470. The molecule has 3 heterocycles. The Morgan fingerprint density at radius 1 is 1.18 bits per heavy atom. The van der Waals surface area contributed by atoms with Gasteiger partial charge in [0, 0.05) is 42.2 Å². The van der Waals surface area contributed by atoms with Crippen LogP contribution in [0.1, 0.15) is 12.0 Å². The lowest BCUT2D eigenvalue weighted by molar-refractivity contribution is -0.122. The van der Waals surface area contributed by atoms with E-state index in [0.29, 0.717) is 12.3 Å².